The van der Waals surface area contributed by atoms with Crippen LogP contribution in [-0.2, 0) is 0 Å². The molecule has 0 aliphatic carbocycles. The molecule has 3 nitrogen and oxygen atoms in total. The van der Waals surface area contributed by atoms with E-state index in [0.717, 1.165) is 11.1 Å². The van der Waals surface area contributed by atoms with Gasteiger partial charge in [-0.25, -0.2) is 0 Å². The Hall–Kier alpha value is -1.13. The first-order chi connectivity index (χ1) is 10.1. The highest BCUT2D eigenvalue weighted by Gasteiger charge is 2.24. The molecule has 1 aliphatic rings. The Morgan fingerprint density at radius 3 is 2.57 bits per heavy atom. The molecule has 1 heterocycles. The molecule has 0 bridgehead atoms. The average molecular weight is 345 g/mol. The summed E-state index contributed by atoms with van der Waals surface area (Å²) in [6.07, 6.45) is -0.219. The maximum atomic E-state index is 6.29. The molecule has 21 heavy (non-hydrogen) atoms. The minimum absolute atomic E-state index is 0.219. The molecule has 0 saturated heterocycles. The Labute approximate surface area is 137 Å². The Morgan fingerprint density at radius 1 is 1.05 bits per heavy atom. The highest BCUT2D eigenvalue weighted by Crippen LogP contribution is 2.45. The van der Waals surface area contributed by atoms with Gasteiger partial charge in [-0.15, -0.1) is 0 Å². The van der Waals surface area contributed by atoms with Crippen LogP contribution in [0.5, 0.6) is 11.5 Å². The Kier molecular flexibility index (Phi) is 4.18. The van der Waals surface area contributed by atoms with Gasteiger partial charge in [-0.1, -0.05) is 40.9 Å². The second-order valence-corrected chi connectivity index (χ2v) is 5.89. The van der Waals surface area contributed by atoms with E-state index in [1.165, 1.54) is 0 Å². The quantitative estimate of drug-likeness (QED) is 0.861. The maximum absolute atomic E-state index is 6.29. The zero-order valence-corrected chi connectivity index (χ0v) is 13.4. The fourth-order valence-corrected chi connectivity index (χ4v) is 2.91. The maximum Gasteiger partial charge on any atom is 0.184 e. The molecule has 2 aromatic rings. The zero-order valence-electron chi connectivity index (χ0n) is 11.1. The lowest BCUT2D eigenvalue weighted by atomic mass is 10.0. The molecule has 1 atom stereocenters. The van der Waals surface area contributed by atoms with Crippen LogP contribution < -0.4 is 14.8 Å². The minimum Gasteiger partial charge on any atom is -0.484 e. The highest BCUT2D eigenvalue weighted by atomic mass is 35.5. The van der Waals surface area contributed by atoms with E-state index in [1.54, 1.807) is 24.3 Å². The minimum atomic E-state index is -0.219. The van der Waals surface area contributed by atoms with Crippen molar-refractivity contribution in [2.24, 2.45) is 0 Å². The second kappa shape index (κ2) is 5.93. The summed E-state index contributed by atoms with van der Waals surface area (Å²) in [4.78, 5) is 0. The summed E-state index contributed by atoms with van der Waals surface area (Å²) in [7, 11) is 1.81. The SMILES string of the molecule is CN[C@@H]1COc2cc(Cl)cc(-c3ccc(Cl)cc3Cl)c2O1. The third-order valence-corrected chi connectivity index (χ3v) is 3.98. The molecule has 0 fully saturated rings. The lowest BCUT2D eigenvalue weighted by molar-refractivity contribution is 0.0733. The number of benzene rings is 2. The fourth-order valence-electron chi connectivity index (χ4n) is 2.19. The van der Waals surface area contributed by atoms with Gasteiger partial charge in [0.25, 0.3) is 0 Å². The predicted octanol–water partition coefficient (Wildman–Crippen LogP) is 4.63. The van der Waals surface area contributed by atoms with E-state index in [1.807, 2.05) is 13.1 Å². The second-order valence-electron chi connectivity index (χ2n) is 4.61. The van der Waals surface area contributed by atoms with E-state index in [9.17, 15) is 0 Å². The summed E-state index contributed by atoms with van der Waals surface area (Å²) in [6.45, 7) is 0.414. The lowest BCUT2D eigenvalue weighted by Gasteiger charge is -2.28. The molecular weight excluding hydrogens is 333 g/mol. The van der Waals surface area contributed by atoms with Gasteiger partial charge in [0.1, 0.15) is 6.61 Å². The van der Waals surface area contributed by atoms with E-state index in [0.29, 0.717) is 33.2 Å². The summed E-state index contributed by atoms with van der Waals surface area (Å²) >= 11 is 18.4. The van der Waals surface area contributed by atoms with Crippen molar-refractivity contribution in [2.75, 3.05) is 13.7 Å². The van der Waals surface area contributed by atoms with Crippen LogP contribution in [-0.4, -0.2) is 19.9 Å². The van der Waals surface area contributed by atoms with Crippen LogP contribution in [0, 0.1) is 0 Å². The van der Waals surface area contributed by atoms with Crippen LogP contribution in [0.2, 0.25) is 15.1 Å². The normalized spacial score (nSPS) is 16.9. The van der Waals surface area contributed by atoms with E-state index < -0.39 is 0 Å². The van der Waals surface area contributed by atoms with E-state index >= 15 is 0 Å². The van der Waals surface area contributed by atoms with Crippen LogP contribution in [0.15, 0.2) is 30.3 Å². The topological polar surface area (TPSA) is 30.5 Å². The zero-order chi connectivity index (χ0) is 15.0. The molecule has 0 radical (unpaired) electrons. The van der Waals surface area contributed by atoms with Gasteiger partial charge >= 0.3 is 0 Å². The first-order valence-corrected chi connectivity index (χ1v) is 7.47. The summed E-state index contributed by atoms with van der Waals surface area (Å²) < 4.78 is 11.6. The van der Waals surface area contributed by atoms with Gasteiger partial charge in [0.2, 0.25) is 0 Å². The highest BCUT2D eigenvalue weighted by molar-refractivity contribution is 6.36. The van der Waals surface area contributed by atoms with E-state index in [4.69, 9.17) is 44.3 Å². The molecule has 0 unspecified atom stereocenters. The number of hydrogen-bond donors (Lipinski definition) is 1. The van der Waals surface area contributed by atoms with Crippen LogP contribution in [0.1, 0.15) is 0 Å². The molecule has 0 aromatic heterocycles. The number of nitrogens with one attached hydrogen (secondary N) is 1. The molecule has 1 aliphatic heterocycles. The lowest BCUT2D eigenvalue weighted by Crippen LogP contribution is -2.39. The van der Waals surface area contributed by atoms with Crippen LogP contribution in [0.4, 0.5) is 0 Å². The average Bonchev–Trinajstić information content (AvgIpc) is 2.46. The number of halogens is 3. The standard InChI is InChI=1S/C15H12Cl3NO2/c1-19-14-7-20-13-6-9(17)4-11(15(13)21-14)10-3-2-8(16)5-12(10)18/h2-6,14,19H,7H2,1H3/t14-/m0/s1. The van der Waals surface area contributed by atoms with Gasteiger partial charge in [0.05, 0.1) is 5.02 Å². The van der Waals surface area contributed by atoms with Crippen molar-refractivity contribution >= 4 is 34.8 Å². The Balaban J connectivity index is 2.16. The van der Waals surface area contributed by atoms with Gasteiger partial charge in [-0.05, 0) is 25.2 Å². The molecule has 6 heteroatoms. The van der Waals surface area contributed by atoms with Crippen molar-refractivity contribution in [1.29, 1.82) is 0 Å². The monoisotopic (exact) mass is 343 g/mol. The predicted molar refractivity (Wildman–Crippen MR) is 85.9 cm³/mol. The number of likely N-dealkylation sites (N-methyl/N-ethyl adjacent to an activating group) is 1. The Morgan fingerprint density at radius 2 is 1.86 bits per heavy atom. The summed E-state index contributed by atoms with van der Waals surface area (Å²) in [5.74, 6) is 1.23. The van der Waals surface area contributed by atoms with E-state index in [2.05, 4.69) is 5.32 Å². The number of rotatable bonds is 2. The third kappa shape index (κ3) is 2.92. The summed E-state index contributed by atoms with van der Waals surface area (Å²) in [5, 5.41) is 4.69. The molecule has 0 amide bonds. The van der Waals surface area contributed by atoms with Crippen molar-refractivity contribution in [3.05, 3.63) is 45.4 Å². The number of ether oxygens (including phenoxy) is 2. The van der Waals surface area contributed by atoms with Crippen LogP contribution >= 0.6 is 34.8 Å². The molecule has 3 rings (SSSR count). The third-order valence-electron chi connectivity index (χ3n) is 3.21. The van der Waals surface area contributed by atoms with Gasteiger partial charge in [0, 0.05) is 27.2 Å². The fraction of sp³-hybridized carbons (Fsp3) is 0.200. The van der Waals surface area contributed by atoms with Crippen LogP contribution in [0.25, 0.3) is 11.1 Å². The van der Waals surface area contributed by atoms with Gasteiger partial charge in [0.15, 0.2) is 17.7 Å². The van der Waals surface area contributed by atoms with Crippen LogP contribution in [0.3, 0.4) is 0 Å². The Bertz CT molecular complexity index is 691. The first kappa shape index (κ1) is 14.8. The van der Waals surface area contributed by atoms with Crippen molar-refractivity contribution in [1.82, 2.24) is 5.32 Å². The van der Waals surface area contributed by atoms with Crippen molar-refractivity contribution in [2.45, 2.75) is 6.23 Å². The summed E-state index contributed by atoms with van der Waals surface area (Å²) in [5.41, 5.74) is 1.57. The number of hydrogen-bond acceptors (Lipinski definition) is 3. The van der Waals surface area contributed by atoms with E-state index in [-0.39, 0.29) is 6.23 Å². The molecule has 2 aromatic carbocycles. The largest absolute Gasteiger partial charge is 0.484 e. The van der Waals surface area contributed by atoms with Gasteiger partial charge in [-0.2, -0.15) is 0 Å². The van der Waals surface area contributed by atoms with Gasteiger partial charge in [-0.3, -0.25) is 5.32 Å². The molecule has 0 saturated carbocycles. The number of fused-ring (bicyclic) bond motifs is 1. The molecule has 1 N–H and O–H groups in total. The van der Waals surface area contributed by atoms with Crippen molar-refractivity contribution in [3.63, 3.8) is 0 Å². The molecule has 110 valence electrons. The summed E-state index contributed by atoms with van der Waals surface area (Å²) in [6, 6.07) is 8.83. The van der Waals surface area contributed by atoms with Crippen molar-refractivity contribution < 1.29 is 9.47 Å². The van der Waals surface area contributed by atoms with Crippen molar-refractivity contribution in [3.8, 4) is 22.6 Å². The smallest absolute Gasteiger partial charge is 0.184 e. The van der Waals surface area contributed by atoms with Gasteiger partial charge < -0.3 is 9.47 Å². The first-order valence-electron chi connectivity index (χ1n) is 6.34. The molecule has 0 spiro atoms. The molecular formula is C15H12Cl3NO2.